The summed E-state index contributed by atoms with van der Waals surface area (Å²) in [6.45, 7) is 0.501. The van der Waals surface area contributed by atoms with Gasteiger partial charge in [-0.05, 0) is 35.9 Å². The topological polar surface area (TPSA) is 39.2 Å². The van der Waals surface area contributed by atoms with E-state index in [-0.39, 0.29) is 0 Å². The first-order chi connectivity index (χ1) is 7.79. The lowest BCUT2D eigenvalue weighted by molar-refractivity contribution is 0.530. The van der Waals surface area contributed by atoms with Gasteiger partial charge in [-0.2, -0.15) is 0 Å². The average Bonchev–Trinajstić information content (AvgIpc) is 2.80. The van der Waals surface area contributed by atoms with E-state index in [1.165, 1.54) is 0 Å². The van der Waals surface area contributed by atoms with Crippen LogP contribution >= 0.6 is 23.4 Å². The van der Waals surface area contributed by atoms with Crippen molar-refractivity contribution in [1.82, 2.24) is 0 Å². The molecule has 4 heteroatoms. The van der Waals surface area contributed by atoms with Gasteiger partial charge in [-0.25, -0.2) is 0 Å². The highest BCUT2D eigenvalue weighted by Crippen LogP contribution is 2.28. The summed E-state index contributed by atoms with van der Waals surface area (Å²) in [5, 5.41) is 0.725. The molecule has 0 bridgehead atoms. The second kappa shape index (κ2) is 5.43. The van der Waals surface area contributed by atoms with Crippen LogP contribution in [0.4, 0.5) is 0 Å². The molecule has 1 aromatic heterocycles. The van der Waals surface area contributed by atoms with Gasteiger partial charge in [0.05, 0.1) is 12.0 Å². The van der Waals surface area contributed by atoms with Crippen molar-refractivity contribution < 1.29 is 4.42 Å². The number of halogens is 1. The molecular weight excluding hydrogens is 242 g/mol. The molecule has 2 aromatic rings. The van der Waals surface area contributed by atoms with Gasteiger partial charge in [0, 0.05) is 16.5 Å². The van der Waals surface area contributed by atoms with Gasteiger partial charge in [0.1, 0.15) is 5.76 Å². The molecule has 1 heterocycles. The van der Waals surface area contributed by atoms with Crippen LogP contribution in [0.5, 0.6) is 0 Å². The molecule has 1 aromatic carbocycles. The molecule has 84 valence electrons. The number of hydrogen-bond donors (Lipinski definition) is 1. The van der Waals surface area contributed by atoms with Gasteiger partial charge in [-0.15, -0.1) is 11.8 Å². The van der Waals surface area contributed by atoms with Gasteiger partial charge in [0.15, 0.2) is 0 Å². The maximum absolute atomic E-state index is 5.91. The van der Waals surface area contributed by atoms with E-state index in [9.17, 15) is 0 Å². The number of benzene rings is 1. The molecule has 0 saturated carbocycles. The smallest absolute Gasteiger partial charge is 0.113 e. The molecule has 0 aliphatic rings. The predicted octanol–water partition coefficient (Wildman–Crippen LogP) is 3.68. The normalized spacial score (nSPS) is 10.6. The second-order valence-electron chi connectivity index (χ2n) is 3.32. The fourth-order valence-electron chi connectivity index (χ4n) is 1.39. The van der Waals surface area contributed by atoms with Gasteiger partial charge in [-0.3, -0.25) is 0 Å². The Morgan fingerprint density at radius 1 is 1.31 bits per heavy atom. The van der Waals surface area contributed by atoms with Crippen molar-refractivity contribution in [1.29, 1.82) is 0 Å². The third kappa shape index (κ3) is 2.82. The van der Waals surface area contributed by atoms with Crippen LogP contribution in [0.1, 0.15) is 11.3 Å². The number of hydrogen-bond acceptors (Lipinski definition) is 3. The van der Waals surface area contributed by atoms with Crippen molar-refractivity contribution in [2.24, 2.45) is 5.73 Å². The molecule has 0 fully saturated rings. The van der Waals surface area contributed by atoms with Crippen molar-refractivity contribution in [3.63, 3.8) is 0 Å². The summed E-state index contributed by atoms with van der Waals surface area (Å²) in [6.07, 6.45) is 1.68. The third-order valence-electron chi connectivity index (χ3n) is 2.19. The molecule has 0 aliphatic carbocycles. The maximum atomic E-state index is 5.91. The van der Waals surface area contributed by atoms with E-state index in [4.69, 9.17) is 21.8 Å². The Hall–Kier alpha value is -0.900. The van der Waals surface area contributed by atoms with Crippen molar-refractivity contribution in [2.75, 3.05) is 0 Å². The highest BCUT2D eigenvalue weighted by atomic mass is 35.5. The van der Waals surface area contributed by atoms with E-state index in [1.54, 1.807) is 18.0 Å². The highest BCUT2D eigenvalue weighted by Gasteiger charge is 2.04. The summed E-state index contributed by atoms with van der Waals surface area (Å²) in [5.74, 6) is 1.77. The zero-order valence-corrected chi connectivity index (χ0v) is 10.2. The zero-order valence-electron chi connectivity index (χ0n) is 8.65. The van der Waals surface area contributed by atoms with Crippen molar-refractivity contribution in [3.05, 3.63) is 52.9 Å². The first-order valence-electron chi connectivity index (χ1n) is 4.93. The molecule has 0 saturated heterocycles. The van der Waals surface area contributed by atoms with Crippen LogP contribution in [0.25, 0.3) is 0 Å². The molecule has 0 radical (unpaired) electrons. The summed E-state index contributed by atoms with van der Waals surface area (Å²) in [4.78, 5) is 1.16. The molecule has 2 rings (SSSR count). The standard InChI is InChI=1S/C12H12ClNOS/c13-10-3-4-12(9(6-10)7-14)16-8-11-2-1-5-15-11/h1-6H,7-8,14H2. The SMILES string of the molecule is NCc1cc(Cl)ccc1SCc1ccco1. The summed E-state index contributed by atoms with van der Waals surface area (Å²) in [7, 11) is 0. The minimum atomic E-state index is 0.501. The Balaban J connectivity index is 2.09. The third-order valence-corrected chi connectivity index (χ3v) is 3.57. The van der Waals surface area contributed by atoms with Gasteiger partial charge >= 0.3 is 0 Å². The van der Waals surface area contributed by atoms with Crippen LogP contribution < -0.4 is 5.73 Å². The van der Waals surface area contributed by atoms with Crippen molar-refractivity contribution in [3.8, 4) is 0 Å². The molecule has 0 amide bonds. The Kier molecular flexibility index (Phi) is 3.93. The fraction of sp³-hybridized carbons (Fsp3) is 0.167. The Morgan fingerprint density at radius 3 is 2.88 bits per heavy atom. The monoisotopic (exact) mass is 253 g/mol. The summed E-state index contributed by atoms with van der Waals surface area (Å²) >= 11 is 7.62. The predicted molar refractivity (Wildman–Crippen MR) is 67.6 cm³/mol. The van der Waals surface area contributed by atoms with Gasteiger partial charge in [0.2, 0.25) is 0 Å². The highest BCUT2D eigenvalue weighted by molar-refractivity contribution is 7.98. The van der Waals surface area contributed by atoms with Gasteiger partial charge in [-0.1, -0.05) is 11.6 Å². The van der Waals surface area contributed by atoms with E-state index in [0.29, 0.717) is 6.54 Å². The molecule has 2 nitrogen and oxygen atoms in total. The van der Waals surface area contributed by atoms with Crippen LogP contribution in [0, 0.1) is 0 Å². The largest absolute Gasteiger partial charge is 0.468 e. The van der Waals surface area contributed by atoms with E-state index in [2.05, 4.69) is 0 Å². The number of nitrogens with two attached hydrogens (primary N) is 1. The number of furan rings is 1. The Labute approximate surface area is 104 Å². The lowest BCUT2D eigenvalue weighted by Crippen LogP contribution is -1.98. The minimum Gasteiger partial charge on any atom is -0.468 e. The van der Waals surface area contributed by atoms with Crippen LogP contribution in [0.15, 0.2) is 45.9 Å². The van der Waals surface area contributed by atoms with Crippen LogP contribution in [-0.4, -0.2) is 0 Å². The van der Waals surface area contributed by atoms with Crippen LogP contribution in [-0.2, 0) is 12.3 Å². The molecular formula is C12H12ClNOS. The van der Waals surface area contributed by atoms with E-state index in [1.807, 2.05) is 30.3 Å². The van der Waals surface area contributed by atoms with Crippen molar-refractivity contribution in [2.45, 2.75) is 17.2 Å². The quantitative estimate of drug-likeness (QED) is 0.845. The molecule has 2 N–H and O–H groups in total. The van der Waals surface area contributed by atoms with Gasteiger partial charge in [0.25, 0.3) is 0 Å². The first-order valence-corrected chi connectivity index (χ1v) is 6.29. The van der Waals surface area contributed by atoms with E-state index < -0.39 is 0 Å². The Bertz CT molecular complexity index is 456. The Morgan fingerprint density at radius 2 is 2.19 bits per heavy atom. The maximum Gasteiger partial charge on any atom is 0.113 e. The summed E-state index contributed by atoms with van der Waals surface area (Å²) in [6, 6.07) is 9.64. The lowest BCUT2D eigenvalue weighted by atomic mass is 10.2. The van der Waals surface area contributed by atoms with E-state index >= 15 is 0 Å². The van der Waals surface area contributed by atoms with E-state index in [0.717, 1.165) is 27.0 Å². The molecule has 0 atom stereocenters. The number of rotatable bonds is 4. The second-order valence-corrected chi connectivity index (χ2v) is 4.78. The fourth-order valence-corrected chi connectivity index (χ4v) is 2.54. The van der Waals surface area contributed by atoms with Crippen LogP contribution in [0.3, 0.4) is 0 Å². The average molecular weight is 254 g/mol. The lowest BCUT2D eigenvalue weighted by Gasteiger charge is -2.06. The molecule has 16 heavy (non-hydrogen) atoms. The zero-order chi connectivity index (χ0) is 11.4. The summed E-state index contributed by atoms with van der Waals surface area (Å²) < 4.78 is 5.27. The van der Waals surface area contributed by atoms with Gasteiger partial charge < -0.3 is 10.2 Å². The molecule has 0 unspecified atom stereocenters. The summed E-state index contributed by atoms with van der Waals surface area (Å²) in [5.41, 5.74) is 6.75. The van der Waals surface area contributed by atoms with Crippen molar-refractivity contribution >= 4 is 23.4 Å². The minimum absolute atomic E-state index is 0.501. The first kappa shape index (κ1) is 11.6. The van der Waals surface area contributed by atoms with Crippen LogP contribution in [0.2, 0.25) is 5.02 Å². The molecule has 0 spiro atoms. The number of thioether (sulfide) groups is 1. The molecule has 0 aliphatic heterocycles.